The molecule has 0 saturated carbocycles. The average molecular weight is 363 g/mol. The molecule has 1 atom stereocenters. The number of rotatable bonds is 5. The van der Waals surface area contributed by atoms with E-state index >= 15 is 0 Å². The minimum absolute atomic E-state index is 0.0534. The summed E-state index contributed by atoms with van der Waals surface area (Å²) in [5.74, 6) is -0.148. The zero-order valence-corrected chi connectivity index (χ0v) is 15.1. The molecule has 0 saturated heterocycles. The highest BCUT2D eigenvalue weighted by atomic mass is 14.8. The summed E-state index contributed by atoms with van der Waals surface area (Å²) in [5, 5.41) is 9.39. The van der Waals surface area contributed by atoms with Gasteiger partial charge in [-0.2, -0.15) is 5.26 Å². The third-order valence-corrected chi connectivity index (χ3v) is 4.73. The third kappa shape index (κ3) is 3.62. The number of nitriles is 1. The highest BCUT2D eigenvalue weighted by Crippen LogP contribution is 2.42. The number of hydrogen-bond donors (Lipinski definition) is 0. The molecule has 5 heteroatoms. The van der Waals surface area contributed by atoms with Gasteiger partial charge in [-0.05, 0) is 46.5 Å². The van der Waals surface area contributed by atoms with Crippen LogP contribution in [0.2, 0.25) is 0 Å². The summed E-state index contributed by atoms with van der Waals surface area (Å²) in [5.41, 5.74) is 4.73. The van der Waals surface area contributed by atoms with E-state index in [1.54, 1.807) is 12.4 Å². The molecule has 0 amide bonds. The van der Waals surface area contributed by atoms with Crippen LogP contribution in [0.25, 0.3) is 0 Å². The van der Waals surface area contributed by atoms with Crippen molar-refractivity contribution in [2.45, 2.75) is 11.8 Å². The lowest BCUT2D eigenvalue weighted by atomic mass is 9.75. The van der Waals surface area contributed by atoms with E-state index in [1.165, 1.54) is 6.33 Å². The number of nitrogens with zero attached hydrogens (tertiary/aromatic N) is 5. The van der Waals surface area contributed by atoms with E-state index in [9.17, 15) is 5.26 Å². The van der Waals surface area contributed by atoms with Crippen molar-refractivity contribution in [1.82, 2.24) is 19.9 Å². The van der Waals surface area contributed by atoms with Gasteiger partial charge in [-0.15, -0.1) is 0 Å². The minimum Gasteiger partial charge on any atom is -0.264 e. The van der Waals surface area contributed by atoms with Gasteiger partial charge in [-0.1, -0.05) is 24.3 Å². The highest BCUT2D eigenvalue weighted by Gasteiger charge is 2.29. The molecule has 0 aliphatic heterocycles. The molecule has 134 valence electrons. The smallest absolute Gasteiger partial charge is 0.115 e. The Kier molecular flexibility index (Phi) is 5.12. The van der Waals surface area contributed by atoms with Crippen LogP contribution in [0, 0.1) is 11.3 Å². The Bertz CT molecular complexity index is 1040. The van der Waals surface area contributed by atoms with E-state index in [0.29, 0.717) is 5.56 Å². The van der Waals surface area contributed by atoms with E-state index in [4.69, 9.17) is 0 Å². The van der Waals surface area contributed by atoms with Gasteiger partial charge in [0.05, 0.1) is 11.6 Å². The second kappa shape index (κ2) is 8.19. The quantitative estimate of drug-likeness (QED) is 0.533. The summed E-state index contributed by atoms with van der Waals surface area (Å²) in [4.78, 5) is 17.1. The van der Waals surface area contributed by atoms with Crippen LogP contribution < -0.4 is 0 Å². The maximum absolute atomic E-state index is 9.39. The summed E-state index contributed by atoms with van der Waals surface area (Å²) < 4.78 is 0. The Hall–Kier alpha value is -3.91. The van der Waals surface area contributed by atoms with Gasteiger partial charge in [0, 0.05) is 49.0 Å². The second-order valence-electron chi connectivity index (χ2n) is 6.44. The fraction of sp³-hybridized carbons (Fsp3) is 0.0870. The van der Waals surface area contributed by atoms with Gasteiger partial charge in [-0.25, -0.2) is 9.97 Å². The fourth-order valence-electron chi connectivity index (χ4n) is 3.55. The van der Waals surface area contributed by atoms with Crippen LogP contribution in [0.5, 0.6) is 0 Å². The Morgan fingerprint density at radius 1 is 0.643 bits per heavy atom. The Balaban J connectivity index is 1.95. The third-order valence-electron chi connectivity index (χ3n) is 4.73. The molecule has 0 radical (unpaired) electrons. The maximum Gasteiger partial charge on any atom is 0.115 e. The second-order valence-corrected chi connectivity index (χ2v) is 6.44. The largest absolute Gasteiger partial charge is 0.264 e. The van der Waals surface area contributed by atoms with E-state index in [2.05, 4.69) is 38.1 Å². The van der Waals surface area contributed by atoms with Crippen LogP contribution in [0.1, 0.15) is 39.7 Å². The Morgan fingerprint density at radius 3 is 1.79 bits per heavy atom. The van der Waals surface area contributed by atoms with Gasteiger partial charge < -0.3 is 0 Å². The molecule has 0 spiro atoms. The summed E-state index contributed by atoms with van der Waals surface area (Å²) in [6, 6.07) is 17.9. The van der Waals surface area contributed by atoms with E-state index in [1.807, 2.05) is 61.2 Å². The lowest BCUT2D eigenvalue weighted by Crippen LogP contribution is -2.16. The molecule has 28 heavy (non-hydrogen) atoms. The molecule has 1 unspecified atom stereocenters. The summed E-state index contributed by atoms with van der Waals surface area (Å²) >= 11 is 0. The molecule has 0 aliphatic rings. The topological polar surface area (TPSA) is 75.3 Å². The first kappa shape index (κ1) is 17.5. The first-order chi connectivity index (χ1) is 13.9. The van der Waals surface area contributed by atoms with E-state index < -0.39 is 0 Å². The number of pyridine rings is 2. The van der Waals surface area contributed by atoms with Gasteiger partial charge in [0.15, 0.2) is 0 Å². The average Bonchev–Trinajstić information content (AvgIpc) is 2.79. The number of benzene rings is 1. The molecular weight excluding hydrogens is 346 g/mol. The lowest BCUT2D eigenvalue weighted by Gasteiger charge is -2.28. The minimum atomic E-state index is -0.0945. The van der Waals surface area contributed by atoms with E-state index in [-0.39, 0.29) is 11.8 Å². The normalized spacial score (nSPS) is 11.7. The summed E-state index contributed by atoms with van der Waals surface area (Å²) in [6.45, 7) is 0. The van der Waals surface area contributed by atoms with Crippen molar-refractivity contribution in [3.63, 3.8) is 0 Å². The van der Waals surface area contributed by atoms with Crippen molar-refractivity contribution in [2.75, 3.05) is 0 Å². The first-order valence-electron chi connectivity index (χ1n) is 8.91. The molecule has 4 rings (SSSR count). The van der Waals surface area contributed by atoms with Crippen molar-refractivity contribution in [3.8, 4) is 6.07 Å². The predicted octanol–water partition coefficient (Wildman–Crippen LogP) is 4.10. The van der Waals surface area contributed by atoms with Crippen LogP contribution in [0.4, 0.5) is 0 Å². The van der Waals surface area contributed by atoms with Crippen LogP contribution in [0.15, 0.2) is 92.0 Å². The van der Waals surface area contributed by atoms with Crippen molar-refractivity contribution in [1.29, 1.82) is 5.26 Å². The number of aromatic nitrogens is 4. The molecule has 1 aromatic carbocycles. The zero-order chi connectivity index (χ0) is 19.2. The van der Waals surface area contributed by atoms with Crippen molar-refractivity contribution in [2.24, 2.45) is 0 Å². The molecule has 0 aliphatic carbocycles. The SMILES string of the molecule is N#Cc1cccc(C(c2cncnc2)C(c2cccnc2)c2cccnc2)c1. The molecule has 0 N–H and O–H groups in total. The Labute approximate surface area is 163 Å². The molecular formula is C23H17N5. The van der Waals surface area contributed by atoms with Crippen LogP contribution >= 0.6 is 0 Å². The monoisotopic (exact) mass is 363 g/mol. The zero-order valence-electron chi connectivity index (χ0n) is 15.1. The summed E-state index contributed by atoms with van der Waals surface area (Å²) in [6.07, 6.45) is 12.5. The van der Waals surface area contributed by atoms with Crippen molar-refractivity contribution in [3.05, 3.63) is 120 Å². The molecule has 0 fully saturated rings. The lowest BCUT2D eigenvalue weighted by molar-refractivity contribution is 0.682. The standard InChI is InChI=1S/C23H17N5/c24-11-17-4-1-5-18(10-17)22(21-14-27-16-28-15-21)23(19-6-2-8-25-12-19)20-7-3-9-26-13-20/h1-10,12-16,22-23H. The molecule has 5 nitrogen and oxygen atoms in total. The molecule has 0 bridgehead atoms. The predicted molar refractivity (Wildman–Crippen MR) is 105 cm³/mol. The first-order valence-corrected chi connectivity index (χ1v) is 8.91. The van der Waals surface area contributed by atoms with Gasteiger partial charge >= 0.3 is 0 Å². The van der Waals surface area contributed by atoms with Crippen molar-refractivity contribution >= 4 is 0 Å². The van der Waals surface area contributed by atoms with Crippen molar-refractivity contribution < 1.29 is 0 Å². The molecule has 4 aromatic rings. The van der Waals surface area contributed by atoms with Crippen LogP contribution in [0.3, 0.4) is 0 Å². The fourth-order valence-corrected chi connectivity index (χ4v) is 3.55. The molecule has 3 aromatic heterocycles. The summed E-state index contributed by atoms with van der Waals surface area (Å²) in [7, 11) is 0. The maximum atomic E-state index is 9.39. The van der Waals surface area contributed by atoms with Gasteiger partial charge in [0.1, 0.15) is 6.33 Å². The molecule has 3 heterocycles. The Morgan fingerprint density at radius 2 is 1.21 bits per heavy atom. The highest BCUT2D eigenvalue weighted by molar-refractivity contribution is 5.45. The number of hydrogen-bond acceptors (Lipinski definition) is 5. The van der Waals surface area contributed by atoms with E-state index in [0.717, 1.165) is 22.3 Å². The van der Waals surface area contributed by atoms with Gasteiger partial charge in [0.2, 0.25) is 0 Å². The van der Waals surface area contributed by atoms with Crippen LogP contribution in [-0.4, -0.2) is 19.9 Å². The van der Waals surface area contributed by atoms with Crippen LogP contribution in [-0.2, 0) is 0 Å². The van der Waals surface area contributed by atoms with Gasteiger partial charge in [0.25, 0.3) is 0 Å². The van der Waals surface area contributed by atoms with Gasteiger partial charge in [-0.3, -0.25) is 9.97 Å².